The highest BCUT2D eigenvalue weighted by molar-refractivity contribution is 9.10. The molecule has 10 atom stereocenters. The third kappa shape index (κ3) is 6.24. The molecule has 4 unspecified atom stereocenters. The van der Waals surface area contributed by atoms with E-state index in [1.807, 2.05) is 45.0 Å². The van der Waals surface area contributed by atoms with Crippen molar-refractivity contribution < 1.29 is 28.9 Å². The van der Waals surface area contributed by atoms with Gasteiger partial charge in [0, 0.05) is 26.9 Å². The number of benzene rings is 2. The van der Waals surface area contributed by atoms with Gasteiger partial charge in [-0.2, -0.15) is 0 Å². The maximum atomic E-state index is 13.1. The Hall–Kier alpha value is -1.82. The highest BCUT2D eigenvalue weighted by Crippen LogP contribution is 2.61. The number of methoxy groups -OCH3 is 1. The summed E-state index contributed by atoms with van der Waals surface area (Å²) in [5, 5.41) is 10.4. The summed E-state index contributed by atoms with van der Waals surface area (Å²) in [5.41, 5.74) is 14.9. The van der Waals surface area contributed by atoms with Crippen LogP contribution >= 0.6 is 31.9 Å². The zero-order valence-electron chi connectivity index (χ0n) is 30.0. The number of ether oxygens (including phenoxy) is 3. The lowest BCUT2D eigenvalue weighted by molar-refractivity contribution is -0.162. The Balaban J connectivity index is 0.000000191. The zero-order chi connectivity index (χ0) is 36.1. The second-order valence-electron chi connectivity index (χ2n) is 15.5. The lowest BCUT2D eigenvalue weighted by atomic mass is 9.57. The normalized spacial score (nSPS) is 37.6. The highest BCUT2D eigenvalue weighted by atomic mass is 79.9. The number of carbonyl (C=O) groups excluding carboxylic acids is 2. The molecule has 5 N–H and O–H groups in total. The van der Waals surface area contributed by atoms with Gasteiger partial charge in [-0.05, 0) is 123 Å². The number of carbonyl (C=O) groups is 2. The van der Waals surface area contributed by atoms with E-state index < -0.39 is 16.5 Å². The van der Waals surface area contributed by atoms with Gasteiger partial charge in [0.05, 0.1) is 25.4 Å². The fraction of sp³-hybridized carbons (Fsp3) is 0.641. The van der Waals surface area contributed by atoms with Gasteiger partial charge < -0.3 is 30.8 Å². The van der Waals surface area contributed by atoms with Gasteiger partial charge in [0.15, 0.2) is 0 Å². The fourth-order valence-electron chi connectivity index (χ4n) is 10.5. The van der Waals surface area contributed by atoms with E-state index in [4.69, 9.17) is 25.7 Å². The number of fused-ring (bicyclic) bond motifs is 2. The molecule has 270 valence electrons. The molecule has 0 heterocycles. The van der Waals surface area contributed by atoms with Crippen molar-refractivity contribution in [2.75, 3.05) is 20.3 Å². The lowest BCUT2D eigenvalue weighted by Crippen LogP contribution is -2.60. The number of nitrogens with two attached hydrogens (primary N) is 2. The maximum absolute atomic E-state index is 13.1. The second kappa shape index (κ2) is 14.3. The topological polar surface area (TPSA) is 134 Å². The molecule has 0 aromatic heterocycles. The molecule has 6 rings (SSSR count). The van der Waals surface area contributed by atoms with Crippen LogP contribution in [-0.2, 0) is 47.7 Å². The summed E-state index contributed by atoms with van der Waals surface area (Å²) in [6.07, 6.45) is 4.59. The summed E-state index contributed by atoms with van der Waals surface area (Å²) in [5.74, 6) is 0.222. The van der Waals surface area contributed by atoms with Crippen LogP contribution in [0.15, 0.2) is 45.3 Å². The summed E-state index contributed by atoms with van der Waals surface area (Å²) < 4.78 is 18.5. The lowest BCUT2D eigenvalue weighted by Gasteiger charge is -2.51. The van der Waals surface area contributed by atoms with E-state index in [1.165, 1.54) is 0 Å². The number of halogens is 2. The summed E-state index contributed by atoms with van der Waals surface area (Å²) in [6.45, 7) is 12.8. The molecule has 0 saturated heterocycles. The minimum atomic E-state index is -1.16. The van der Waals surface area contributed by atoms with Gasteiger partial charge in [0.1, 0.15) is 11.1 Å². The summed E-state index contributed by atoms with van der Waals surface area (Å²) >= 11 is 7.04. The van der Waals surface area contributed by atoms with Crippen LogP contribution in [0, 0.1) is 34.5 Å². The van der Waals surface area contributed by atoms with Gasteiger partial charge >= 0.3 is 11.9 Å². The average Bonchev–Trinajstić information content (AvgIpc) is 3.41. The maximum Gasteiger partial charge on any atom is 0.331 e. The molecule has 0 radical (unpaired) electrons. The number of rotatable bonds is 5. The quantitative estimate of drug-likeness (QED) is 0.278. The predicted octanol–water partition coefficient (Wildman–Crippen LogP) is 6.93. The van der Waals surface area contributed by atoms with Gasteiger partial charge in [-0.15, -0.1) is 0 Å². The van der Waals surface area contributed by atoms with Crippen molar-refractivity contribution in [3.05, 3.63) is 67.6 Å². The van der Waals surface area contributed by atoms with Crippen molar-refractivity contribution in [2.45, 2.75) is 103 Å². The summed E-state index contributed by atoms with van der Waals surface area (Å²) in [7, 11) is 1.78. The van der Waals surface area contributed by atoms with Gasteiger partial charge in [-0.1, -0.05) is 71.7 Å². The predicted molar refractivity (Wildman–Crippen MR) is 197 cm³/mol. The molecule has 2 fully saturated rings. The van der Waals surface area contributed by atoms with Gasteiger partial charge in [-0.25, -0.2) is 9.59 Å². The Kier molecular flexibility index (Phi) is 11.2. The molecule has 8 nitrogen and oxygen atoms in total. The second-order valence-corrected chi connectivity index (χ2v) is 17.3. The van der Waals surface area contributed by atoms with E-state index >= 15 is 0 Å². The van der Waals surface area contributed by atoms with Crippen LogP contribution in [0.1, 0.15) is 89.5 Å². The molecule has 49 heavy (non-hydrogen) atoms. The minimum Gasteiger partial charge on any atom is -0.464 e. The Labute approximate surface area is 308 Å². The largest absolute Gasteiger partial charge is 0.464 e. The van der Waals surface area contributed by atoms with E-state index in [-0.39, 0.29) is 41.4 Å². The Morgan fingerprint density at radius 1 is 0.735 bits per heavy atom. The van der Waals surface area contributed by atoms with Gasteiger partial charge in [0.25, 0.3) is 0 Å². The molecule has 0 aliphatic heterocycles. The first-order valence-electron chi connectivity index (χ1n) is 17.7. The number of aliphatic hydroxyl groups excluding tert-OH is 1. The van der Waals surface area contributed by atoms with E-state index in [0.29, 0.717) is 25.0 Å². The van der Waals surface area contributed by atoms with E-state index in [0.717, 1.165) is 69.7 Å². The van der Waals surface area contributed by atoms with Crippen LogP contribution in [0.3, 0.4) is 0 Å². The van der Waals surface area contributed by atoms with Crippen molar-refractivity contribution in [3.63, 3.8) is 0 Å². The number of aliphatic hydroxyl groups is 1. The number of hydrogen-bond donors (Lipinski definition) is 3. The van der Waals surface area contributed by atoms with E-state index in [9.17, 15) is 14.7 Å². The van der Waals surface area contributed by atoms with Gasteiger partial charge in [-0.3, -0.25) is 0 Å². The van der Waals surface area contributed by atoms with Crippen molar-refractivity contribution in [1.29, 1.82) is 0 Å². The summed E-state index contributed by atoms with van der Waals surface area (Å²) in [4.78, 5) is 26.1. The minimum absolute atomic E-state index is 0.101. The molecule has 0 amide bonds. The third-order valence-corrected chi connectivity index (χ3v) is 13.3. The number of hydrogen-bond acceptors (Lipinski definition) is 8. The monoisotopic (exact) mass is 804 g/mol. The molecule has 2 aromatic rings. The van der Waals surface area contributed by atoms with Crippen molar-refractivity contribution >= 4 is 43.8 Å². The first-order chi connectivity index (χ1) is 23.0. The smallest absolute Gasteiger partial charge is 0.331 e. The van der Waals surface area contributed by atoms with Gasteiger partial charge in [0.2, 0.25) is 0 Å². The molecular weight excluding hydrogens is 752 g/mol. The number of esters is 2. The first kappa shape index (κ1) is 38.4. The van der Waals surface area contributed by atoms with Crippen LogP contribution in [0.2, 0.25) is 0 Å². The molecule has 4 aliphatic carbocycles. The Morgan fingerprint density at radius 2 is 1.10 bits per heavy atom. The molecule has 0 bridgehead atoms. The molecule has 2 saturated carbocycles. The molecule has 2 spiro atoms. The molecule has 4 aliphatic rings. The van der Waals surface area contributed by atoms with Crippen LogP contribution in [0.5, 0.6) is 0 Å². The van der Waals surface area contributed by atoms with Crippen LogP contribution in [0.4, 0.5) is 0 Å². The third-order valence-electron chi connectivity index (χ3n) is 12.3. The highest BCUT2D eigenvalue weighted by Gasteiger charge is 2.65. The SMILES string of the molecule is CCOC(=O)[C@]1(N)c2cc(Br)ccc2CC12C[C@@H](C)C(O)[C@@H](C)C2.CCOC(=O)[C@]1(N)c2cc(Br)ccc2CC12C[C@@H](C)C(OC)[C@@H](C)C2. The Bertz CT molecular complexity index is 1540. The van der Waals surface area contributed by atoms with Crippen LogP contribution in [0.25, 0.3) is 0 Å². The van der Waals surface area contributed by atoms with Crippen LogP contribution in [-0.4, -0.2) is 49.6 Å². The molecule has 2 aromatic carbocycles. The van der Waals surface area contributed by atoms with Crippen molar-refractivity contribution in [1.82, 2.24) is 0 Å². The van der Waals surface area contributed by atoms with E-state index in [2.05, 4.69) is 57.8 Å². The van der Waals surface area contributed by atoms with Crippen molar-refractivity contribution in [3.8, 4) is 0 Å². The Morgan fingerprint density at radius 3 is 1.45 bits per heavy atom. The zero-order valence-corrected chi connectivity index (χ0v) is 33.2. The van der Waals surface area contributed by atoms with Crippen molar-refractivity contribution in [2.24, 2.45) is 46.0 Å². The van der Waals surface area contributed by atoms with E-state index in [1.54, 1.807) is 14.0 Å². The molecule has 10 heteroatoms. The average molecular weight is 807 g/mol. The fourth-order valence-corrected chi connectivity index (χ4v) is 11.2. The standard InChI is InChI=1S/C20H28BrNO3.C19H26BrNO3/c1-5-25-18(23)20(22)16-8-15(21)7-6-14(16)11-19(20)9-12(2)17(24-4)13(3)10-19;1-4-24-17(23)19(21)15-7-14(20)6-5-13(15)10-18(19)8-11(2)16(22)12(3)9-18/h6-8,12-13,17H,5,9-11,22H2,1-4H3;5-7,11-12,16,22H,4,8-10,21H2,1-3H3/t12-,13+,17?,19?,20-;11-,12+,16?,18?,19-/m11/s1. The van der Waals surface area contributed by atoms with Crippen LogP contribution < -0.4 is 11.5 Å². The summed E-state index contributed by atoms with van der Waals surface area (Å²) in [6, 6.07) is 12.1. The first-order valence-corrected chi connectivity index (χ1v) is 19.3. The molecular formula is C39H54Br2N2O6.